The minimum atomic E-state index is 0.326. The lowest BCUT2D eigenvalue weighted by molar-refractivity contribution is 0.324. The van der Waals surface area contributed by atoms with Gasteiger partial charge in [0.15, 0.2) is 0 Å². The van der Waals surface area contributed by atoms with E-state index in [9.17, 15) is 0 Å². The fourth-order valence-electron chi connectivity index (χ4n) is 4.00. The Morgan fingerprint density at radius 3 is 2.75 bits per heavy atom. The van der Waals surface area contributed by atoms with Crippen molar-refractivity contribution in [1.82, 2.24) is 14.5 Å². The first-order valence-corrected chi connectivity index (χ1v) is 8.50. The van der Waals surface area contributed by atoms with Crippen molar-refractivity contribution < 1.29 is 0 Å². The SMILES string of the molecule is c1ccc(CN2CC3c4nccn4Cc4ccccc4N3C2)cc1. The Balaban J connectivity index is 1.51. The number of aromatic nitrogens is 2. The zero-order chi connectivity index (χ0) is 15.9. The molecule has 1 aromatic heterocycles. The number of hydrogen-bond donors (Lipinski definition) is 0. The first-order valence-electron chi connectivity index (χ1n) is 8.50. The van der Waals surface area contributed by atoms with E-state index in [0.29, 0.717) is 6.04 Å². The molecule has 0 bridgehead atoms. The molecule has 0 aliphatic carbocycles. The summed E-state index contributed by atoms with van der Waals surface area (Å²) >= 11 is 0. The zero-order valence-corrected chi connectivity index (χ0v) is 13.5. The average Bonchev–Trinajstić information content (AvgIpc) is 3.21. The van der Waals surface area contributed by atoms with Crippen molar-refractivity contribution in [3.63, 3.8) is 0 Å². The maximum Gasteiger partial charge on any atom is 0.133 e. The maximum atomic E-state index is 4.68. The molecule has 5 rings (SSSR count). The molecule has 0 N–H and O–H groups in total. The van der Waals surface area contributed by atoms with Gasteiger partial charge in [-0.05, 0) is 17.2 Å². The van der Waals surface area contributed by atoms with Crippen LogP contribution in [0.2, 0.25) is 0 Å². The van der Waals surface area contributed by atoms with Crippen LogP contribution in [-0.2, 0) is 13.1 Å². The molecule has 0 spiro atoms. The van der Waals surface area contributed by atoms with Gasteiger partial charge in [0, 0.05) is 31.2 Å². The number of benzene rings is 2. The summed E-state index contributed by atoms with van der Waals surface area (Å²) in [5.74, 6) is 1.18. The Hall–Kier alpha value is -2.59. The summed E-state index contributed by atoms with van der Waals surface area (Å²) in [6, 6.07) is 19.8. The molecule has 4 nitrogen and oxygen atoms in total. The van der Waals surface area contributed by atoms with Crippen LogP contribution in [0.15, 0.2) is 67.0 Å². The molecule has 3 heterocycles. The van der Waals surface area contributed by atoms with Gasteiger partial charge >= 0.3 is 0 Å². The topological polar surface area (TPSA) is 24.3 Å². The van der Waals surface area contributed by atoms with E-state index in [-0.39, 0.29) is 0 Å². The minimum absolute atomic E-state index is 0.326. The quantitative estimate of drug-likeness (QED) is 0.725. The smallest absolute Gasteiger partial charge is 0.133 e. The van der Waals surface area contributed by atoms with Gasteiger partial charge in [0.25, 0.3) is 0 Å². The third-order valence-electron chi connectivity index (χ3n) is 5.10. The lowest BCUT2D eigenvalue weighted by Crippen LogP contribution is -2.26. The summed E-state index contributed by atoms with van der Waals surface area (Å²) in [6.45, 7) is 3.86. The van der Waals surface area contributed by atoms with Gasteiger partial charge in [0.05, 0.1) is 13.2 Å². The number of anilines is 1. The highest BCUT2D eigenvalue weighted by Gasteiger charge is 2.37. The van der Waals surface area contributed by atoms with Crippen molar-refractivity contribution in [3.8, 4) is 0 Å². The molecule has 1 unspecified atom stereocenters. The van der Waals surface area contributed by atoms with E-state index in [2.05, 4.69) is 80.1 Å². The molecule has 3 aromatic rings. The van der Waals surface area contributed by atoms with Gasteiger partial charge in [0.2, 0.25) is 0 Å². The Morgan fingerprint density at radius 2 is 1.83 bits per heavy atom. The average molecular weight is 316 g/mol. The molecule has 1 saturated heterocycles. The van der Waals surface area contributed by atoms with Crippen LogP contribution in [0, 0.1) is 0 Å². The highest BCUT2D eigenvalue weighted by Crippen LogP contribution is 2.37. The molecule has 2 aliphatic heterocycles. The molecular weight excluding hydrogens is 296 g/mol. The number of imidazole rings is 1. The van der Waals surface area contributed by atoms with Crippen LogP contribution >= 0.6 is 0 Å². The van der Waals surface area contributed by atoms with Gasteiger partial charge in [-0.25, -0.2) is 4.98 Å². The summed E-state index contributed by atoms with van der Waals surface area (Å²) in [6.07, 6.45) is 4.04. The number of fused-ring (bicyclic) bond motifs is 5. The molecule has 120 valence electrons. The molecule has 24 heavy (non-hydrogen) atoms. The van der Waals surface area contributed by atoms with Crippen LogP contribution in [0.25, 0.3) is 0 Å². The highest BCUT2D eigenvalue weighted by atomic mass is 15.4. The second-order valence-corrected chi connectivity index (χ2v) is 6.67. The van der Waals surface area contributed by atoms with Crippen molar-refractivity contribution in [2.24, 2.45) is 0 Å². The normalized spacial score (nSPS) is 19.5. The standard InChI is InChI=1S/C20H20N4/c1-2-6-16(7-3-1)12-22-14-19-20-21-10-11-23(20)13-17-8-4-5-9-18(17)24(19)15-22/h1-11,19H,12-15H2. The lowest BCUT2D eigenvalue weighted by Gasteiger charge is -2.24. The van der Waals surface area contributed by atoms with Crippen LogP contribution in [0.1, 0.15) is 23.0 Å². The fourth-order valence-corrected chi connectivity index (χ4v) is 4.00. The Morgan fingerprint density at radius 1 is 1.00 bits per heavy atom. The predicted octanol–water partition coefficient (Wildman–Crippen LogP) is 3.27. The Bertz CT molecular complexity index is 855. The van der Waals surface area contributed by atoms with Crippen LogP contribution < -0.4 is 4.90 Å². The molecule has 2 aliphatic rings. The lowest BCUT2D eigenvalue weighted by atomic mass is 10.1. The molecule has 0 amide bonds. The van der Waals surface area contributed by atoms with Crippen molar-refractivity contribution in [1.29, 1.82) is 0 Å². The van der Waals surface area contributed by atoms with Crippen LogP contribution in [0.3, 0.4) is 0 Å². The molecule has 4 heteroatoms. The van der Waals surface area contributed by atoms with Crippen LogP contribution in [0.5, 0.6) is 0 Å². The molecular formula is C20H20N4. The molecule has 1 atom stereocenters. The summed E-state index contributed by atoms with van der Waals surface area (Å²) in [5.41, 5.74) is 4.09. The van der Waals surface area contributed by atoms with E-state index >= 15 is 0 Å². The van der Waals surface area contributed by atoms with Crippen LogP contribution in [0.4, 0.5) is 5.69 Å². The fraction of sp³-hybridized carbons (Fsp3) is 0.250. The predicted molar refractivity (Wildman–Crippen MR) is 94.7 cm³/mol. The minimum Gasteiger partial charge on any atom is -0.347 e. The zero-order valence-electron chi connectivity index (χ0n) is 13.5. The Labute approximate surface area is 142 Å². The van der Waals surface area contributed by atoms with E-state index in [1.54, 1.807) is 0 Å². The Kier molecular flexibility index (Phi) is 3.16. The first kappa shape index (κ1) is 13.8. The summed E-state index contributed by atoms with van der Waals surface area (Å²) in [5, 5.41) is 0. The van der Waals surface area contributed by atoms with Crippen molar-refractivity contribution >= 4 is 5.69 Å². The first-order chi connectivity index (χ1) is 11.9. The van der Waals surface area contributed by atoms with E-state index in [0.717, 1.165) is 26.3 Å². The third kappa shape index (κ3) is 2.22. The monoisotopic (exact) mass is 316 g/mol. The molecule has 2 aromatic carbocycles. The third-order valence-corrected chi connectivity index (χ3v) is 5.10. The van der Waals surface area contributed by atoms with E-state index in [1.807, 2.05) is 6.20 Å². The van der Waals surface area contributed by atoms with Gasteiger partial charge < -0.3 is 9.47 Å². The second-order valence-electron chi connectivity index (χ2n) is 6.67. The van der Waals surface area contributed by atoms with Gasteiger partial charge in [-0.3, -0.25) is 4.90 Å². The molecule has 0 radical (unpaired) electrons. The summed E-state index contributed by atoms with van der Waals surface area (Å²) < 4.78 is 2.30. The number of rotatable bonds is 2. The van der Waals surface area contributed by atoms with Gasteiger partial charge in [0.1, 0.15) is 11.9 Å². The van der Waals surface area contributed by atoms with Gasteiger partial charge in [-0.1, -0.05) is 48.5 Å². The number of nitrogens with zero attached hydrogens (tertiary/aromatic N) is 4. The van der Waals surface area contributed by atoms with E-state index in [4.69, 9.17) is 0 Å². The maximum absolute atomic E-state index is 4.68. The van der Waals surface area contributed by atoms with Crippen LogP contribution in [-0.4, -0.2) is 27.7 Å². The summed E-state index contributed by atoms with van der Waals surface area (Å²) in [7, 11) is 0. The van der Waals surface area contributed by atoms with Crippen molar-refractivity contribution in [2.75, 3.05) is 18.1 Å². The molecule has 0 saturated carbocycles. The summed E-state index contributed by atoms with van der Waals surface area (Å²) in [4.78, 5) is 9.71. The number of hydrogen-bond acceptors (Lipinski definition) is 3. The second kappa shape index (κ2) is 5.49. The molecule has 1 fully saturated rings. The largest absolute Gasteiger partial charge is 0.347 e. The van der Waals surface area contributed by atoms with Crippen molar-refractivity contribution in [2.45, 2.75) is 19.1 Å². The van der Waals surface area contributed by atoms with Crippen molar-refractivity contribution in [3.05, 3.63) is 83.9 Å². The van der Waals surface area contributed by atoms with Gasteiger partial charge in [-0.15, -0.1) is 0 Å². The van der Waals surface area contributed by atoms with E-state index < -0.39 is 0 Å². The van der Waals surface area contributed by atoms with Gasteiger partial charge in [-0.2, -0.15) is 0 Å². The number of para-hydroxylation sites is 1. The highest BCUT2D eigenvalue weighted by molar-refractivity contribution is 5.57. The van der Waals surface area contributed by atoms with E-state index in [1.165, 1.54) is 22.6 Å².